The van der Waals surface area contributed by atoms with Crippen molar-refractivity contribution < 1.29 is 4.79 Å². The number of carbonyl (C=O) groups is 1. The third-order valence-electron chi connectivity index (χ3n) is 3.20. The molecule has 0 aliphatic carbocycles. The van der Waals surface area contributed by atoms with Crippen LogP contribution in [0.1, 0.15) is 22.3 Å². The van der Waals surface area contributed by atoms with Gasteiger partial charge in [-0.05, 0) is 37.9 Å². The van der Waals surface area contributed by atoms with Crippen molar-refractivity contribution in [2.75, 3.05) is 19.6 Å². The Kier molecular flexibility index (Phi) is 4.97. The van der Waals surface area contributed by atoms with Crippen LogP contribution in [0.25, 0.3) is 0 Å². The van der Waals surface area contributed by atoms with Gasteiger partial charge in [0.05, 0.1) is 0 Å². The van der Waals surface area contributed by atoms with Crippen molar-refractivity contribution in [1.82, 2.24) is 4.90 Å². The number of hydrogen-bond donors (Lipinski definition) is 1. The van der Waals surface area contributed by atoms with Crippen LogP contribution in [0.5, 0.6) is 0 Å². The van der Waals surface area contributed by atoms with E-state index in [0.29, 0.717) is 12.5 Å². The highest BCUT2D eigenvalue weighted by Crippen LogP contribution is 2.17. The molecule has 1 amide bonds. The zero-order valence-electron chi connectivity index (χ0n) is 10.1. The maximum absolute atomic E-state index is 12.1. The lowest BCUT2D eigenvalue weighted by molar-refractivity contribution is 0.0787. The summed E-state index contributed by atoms with van der Waals surface area (Å²) in [5.74, 6) is 0.616. The summed E-state index contributed by atoms with van der Waals surface area (Å²) in [6.45, 7) is 4.35. The fourth-order valence-corrected chi connectivity index (χ4v) is 2.09. The molecule has 94 valence electrons. The molecule has 0 saturated carbocycles. The first-order valence-corrected chi connectivity index (χ1v) is 5.76. The topological polar surface area (TPSA) is 46.3 Å². The predicted octanol–water partition coefficient (Wildman–Crippen LogP) is 1.84. The van der Waals surface area contributed by atoms with Crippen molar-refractivity contribution in [2.45, 2.75) is 13.3 Å². The van der Waals surface area contributed by atoms with Gasteiger partial charge in [0, 0.05) is 18.7 Å². The van der Waals surface area contributed by atoms with Crippen LogP contribution in [-0.4, -0.2) is 30.4 Å². The lowest BCUT2D eigenvalue weighted by Gasteiger charge is -2.16. The van der Waals surface area contributed by atoms with Crippen LogP contribution in [0.4, 0.5) is 0 Å². The Bertz CT molecular complexity index is 378. The van der Waals surface area contributed by atoms with Crippen LogP contribution in [0.2, 0.25) is 0 Å². The summed E-state index contributed by atoms with van der Waals surface area (Å²) in [7, 11) is 0. The van der Waals surface area contributed by atoms with Gasteiger partial charge in [-0.1, -0.05) is 17.7 Å². The lowest BCUT2D eigenvalue weighted by atomic mass is 10.1. The molecule has 0 bridgehead atoms. The standard InChI is InChI=1S/C13H18N2O.ClH/c1-10-2-4-12(5-3-10)13(16)15-7-6-11(8-14)9-15;/h2-5,11H,6-9,14H2,1H3;1H. The fraction of sp³-hybridized carbons (Fsp3) is 0.462. The van der Waals surface area contributed by atoms with Gasteiger partial charge < -0.3 is 10.6 Å². The Labute approximate surface area is 108 Å². The first-order valence-electron chi connectivity index (χ1n) is 5.76. The smallest absolute Gasteiger partial charge is 0.253 e. The van der Waals surface area contributed by atoms with Crippen LogP contribution >= 0.6 is 12.4 Å². The number of amides is 1. The van der Waals surface area contributed by atoms with E-state index in [-0.39, 0.29) is 18.3 Å². The van der Waals surface area contributed by atoms with Crippen molar-refractivity contribution in [3.8, 4) is 0 Å². The highest BCUT2D eigenvalue weighted by molar-refractivity contribution is 5.94. The van der Waals surface area contributed by atoms with Crippen molar-refractivity contribution in [3.05, 3.63) is 35.4 Å². The largest absolute Gasteiger partial charge is 0.338 e. The SMILES string of the molecule is Cc1ccc(C(=O)N2CCC(CN)C2)cc1.Cl. The molecule has 4 heteroatoms. The minimum Gasteiger partial charge on any atom is -0.338 e. The Morgan fingerprint density at radius 2 is 2.06 bits per heavy atom. The summed E-state index contributed by atoms with van der Waals surface area (Å²) in [6.07, 6.45) is 1.04. The molecule has 0 aromatic heterocycles. The Balaban J connectivity index is 0.00000144. The van der Waals surface area contributed by atoms with Gasteiger partial charge in [0.15, 0.2) is 0 Å². The molecule has 0 radical (unpaired) electrons. The van der Waals surface area contributed by atoms with Gasteiger partial charge in [-0.3, -0.25) is 4.79 Å². The quantitative estimate of drug-likeness (QED) is 0.875. The second kappa shape index (κ2) is 6.03. The summed E-state index contributed by atoms with van der Waals surface area (Å²) >= 11 is 0. The fourth-order valence-electron chi connectivity index (χ4n) is 2.09. The van der Waals surface area contributed by atoms with Crippen LogP contribution < -0.4 is 5.73 Å². The highest BCUT2D eigenvalue weighted by atomic mass is 35.5. The second-order valence-corrected chi connectivity index (χ2v) is 4.51. The van der Waals surface area contributed by atoms with Crippen molar-refractivity contribution in [2.24, 2.45) is 11.7 Å². The highest BCUT2D eigenvalue weighted by Gasteiger charge is 2.25. The molecular formula is C13H19ClN2O. The normalized spacial score (nSPS) is 18.9. The van der Waals surface area contributed by atoms with Crippen molar-refractivity contribution >= 4 is 18.3 Å². The van der Waals surface area contributed by atoms with Crippen LogP contribution in [0.15, 0.2) is 24.3 Å². The number of halogens is 1. The molecule has 1 atom stereocenters. The number of carbonyl (C=O) groups excluding carboxylic acids is 1. The molecule has 0 spiro atoms. The number of hydrogen-bond acceptors (Lipinski definition) is 2. The maximum atomic E-state index is 12.1. The number of nitrogens with two attached hydrogens (primary N) is 1. The molecule has 2 N–H and O–H groups in total. The van der Waals surface area contributed by atoms with Gasteiger partial charge in [0.25, 0.3) is 5.91 Å². The monoisotopic (exact) mass is 254 g/mol. The molecule has 1 aliphatic heterocycles. The average molecular weight is 255 g/mol. The summed E-state index contributed by atoms with van der Waals surface area (Å²) in [5.41, 5.74) is 7.58. The van der Waals surface area contributed by atoms with Crippen molar-refractivity contribution in [1.29, 1.82) is 0 Å². The van der Waals surface area contributed by atoms with Crippen LogP contribution in [0, 0.1) is 12.8 Å². The molecule has 1 fully saturated rings. The molecule has 1 heterocycles. The van der Waals surface area contributed by atoms with Crippen molar-refractivity contribution in [3.63, 3.8) is 0 Å². The summed E-state index contributed by atoms with van der Waals surface area (Å²) in [6, 6.07) is 7.74. The Hall–Kier alpha value is -1.06. The first kappa shape index (κ1) is 14.0. The average Bonchev–Trinajstić information content (AvgIpc) is 2.77. The van der Waals surface area contributed by atoms with Gasteiger partial charge in [-0.15, -0.1) is 12.4 Å². The minimum atomic E-state index is 0. The third-order valence-corrected chi connectivity index (χ3v) is 3.20. The lowest BCUT2D eigenvalue weighted by Crippen LogP contribution is -2.29. The van der Waals surface area contributed by atoms with E-state index < -0.39 is 0 Å². The summed E-state index contributed by atoms with van der Waals surface area (Å²) in [5, 5.41) is 0. The molecule has 2 rings (SSSR count). The van der Waals surface area contributed by atoms with Gasteiger partial charge in [-0.2, -0.15) is 0 Å². The maximum Gasteiger partial charge on any atom is 0.253 e. The van der Waals surface area contributed by atoms with E-state index in [4.69, 9.17) is 5.73 Å². The first-order chi connectivity index (χ1) is 7.70. The molecule has 3 nitrogen and oxygen atoms in total. The Morgan fingerprint density at radius 1 is 1.41 bits per heavy atom. The molecule has 17 heavy (non-hydrogen) atoms. The molecule has 1 saturated heterocycles. The zero-order chi connectivity index (χ0) is 11.5. The summed E-state index contributed by atoms with van der Waals surface area (Å²) < 4.78 is 0. The van der Waals surface area contributed by atoms with Gasteiger partial charge >= 0.3 is 0 Å². The van der Waals surface area contributed by atoms with E-state index in [1.807, 2.05) is 36.1 Å². The van der Waals surface area contributed by atoms with E-state index in [1.165, 1.54) is 5.56 Å². The molecule has 1 unspecified atom stereocenters. The van der Waals surface area contributed by atoms with Crippen LogP contribution in [-0.2, 0) is 0 Å². The van der Waals surface area contributed by atoms with Gasteiger partial charge in [0.1, 0.15) is 0 Å². The molecule has 1 aromatic rings. The molecule has 1 aliphatic rings. The number of aryl methyl sites for hydroxylation is 1. The number of likely N-dealkylation sites (tertiary alicyclic amines) is 1. The van der Waals surface area contributed by atoms with E-state index in [2.05, 4.69) is 0 Å². The number of benzene rings is 1. The van der Waals surface area contributed by atoms with Gasteiger partial charge in [0.2, 0.25) is 0 Å². The van der Waals surface area contributed by atoms with E-state index in [0.717, 1.165) is 25.1 Å². The number of nitrogens with zero attached hydrogens (tertiary/aromatic N) is 1. The second-order valence-electron chi connectivity index (χ2n) is 4.51. The Morgan fingerprint density at radius 3 is 2.59 bits per heavy atom. The van der Waals surface area contributed by atoms with E-state index >= 15 is 0 Å². The molecule has 1 aromatic carbocycles. The minimum absolute atomic E-state index is 0. The van der Waals surface area contributed by atoms with Crippen LogP contribution in [0.3, 0.4) is 0 Å². The molecular weight excluding hydrogens is 236 g/mol. The zero-order valence-corrected chi connectivity index (χ0v) is 10.9. The summed E-state index contributed by atoms with van der Waals surface area (Å²) in [4.78, 5) is 14.0. The number of rotatable bonds is 2. The third kappa shape index (κ3) is 3.20. The van der Waals surface area contributed by atoms with E-state index in [1.54, 1.807) is 0 Å². The predicted molar refractivity (Wildman–Crippen MR) is 71.5 cm³/mol. The van der Waals surface area contributed by atoms with Gasteiger partial charge in [-0.25, -0.2) is 0 Å². The van der Waals surface area contributed by atoms with E-state index in [9.17, 15) is 4.79 Å².